The van der Waals surface area contributed by atoms with Crippen molar-refractivity contribution in [1.82, 2.24) is 24.6 Å². The summed E-state index contributed by atoms with van der Waals surface area (Å²) < 4.78 is 35.0. The van der Waals surface area contributed by atoms with E-state index in [-0.39, 0.29) is 23.4 Å². The van der Waals surface area contributed by atoms with Gasteiger partial charge in [0.2, 0.25) is 15.9 Å². The monoisotopic (exact) mass is 471 g/mol. The van der Waals surface area contributed by atoms with E-state index in [1.165, 1.54) is 4.31 Å². The maximum Gasteiger partial charge on any atom is 0.243 e. The number of ether oxygens (including phenoxy) is 1. The van der Waals surface area contributed by atoms with E-state index >= 15 is 0 Å². The highest BCUT2D eigenvalue weighted by molar-refractivity contribution is 7.89. The molecule has 1 saturated heterocycles. The van der Waals surface area contributed by atoms with Crippen LogP contribution in [0.4, 0.5) is 0 Å². The van der Waals surface area contributed by atoms with E-state index in [4.69, 9.17) is 4.74 Å². The van der Waals surface area contributed by atoms with Crippen molar-refractivity contribution < 1.29 is 17.9 Å². The summed E-state index contributed by atoms with van der Waals surface area (Å²) in [5, 5.41) is 11.2. The largest absolute Gasteiger partial charge is 0.497 e. The van der Waals surface area contributed by atoms with Crippen LogP contribution in [0.1, 0.15) is 38.3 Å². The first-order chi connectivity index (χ1) is 15.8. The minimum absolute atomic E-state index is 0.121. The summed E-state index contributed by atoms with van der Waals surface area (Å²) in [6.45, 7) is 4.89. The van der Waals surface area contributed by atoms with Crippen LogP contribution in [0.5, 0.6) is 5.75 Å². The van der Waals surface area contributed by atoms with Gasteiger partial charge in [-0.3, -0.25) is 4.79 Å². The molecule has 9 nitrogen and oxygen atoms in total. The quantitative estimate of drug-likeness (QED) is 0.568. The summed E-state index contributed by atoms with van der Waals surface area (Å²) >= 11 is 0. The highest BCUT2D eigenvalue weighted by Gasteiger charge is 2.33. The van der Waals surface area contributed by atoms with E-state index in [0.717, 1.165) is 16.8 Å². The molecule has 2 heterocycles. The second-order valence-electron chi connectivity index (χ2n) is 8.55. The molecule has 1 atom stereocenters. The zero-order valence-corrected chi connectivity index (χ0v) is 19.9. The van der Waals surface area contributed by atoms with Gasteiger partial charge < -0.3 is 10.1 Å². The normalized spacial score (nSPS) is 17.4. The molecule has 0 spiro atoms. The number of benzene rings is 2. The average molecular weight is 472 g/mol. The van der Waals surface area contributed by atoms with Gasteiger partial charge in [0.1, 0.15) is 11.3 Å². The Labute approximate surface area is 193 Å². The number of sulfonamides is 1. The van der Waals surface area contributed by atoms with Crippen molar-refractivity contribution in [2.45, 2.75) is 44.2 Å². The number of fused-ring (bicyclic) bond motifs is 1. The summed E-state index contributed by atoms with van der Waals surface area (Å²) in [5.41, 5.74) is 2.25. The summed E-state index contributed by atoms with van der Waals surface area (Å²) in [4.78, 5) is 13.0. The molecular weight excluding hydrogens is 442 g/mol. The molecule has 1 aromatic heterocycles. The van der Waals surface area contributed by atoms with Gasteiger partial charge in [-0.1, -0.05) is 17.3 Å². The van der Waals surface area contributed by atoms with Gasteiger partial charge in [0.05, 0.1) is 23.4 Å². The number of carbonyl (C=O) groups is 1. The molecule has 0 bridgehead atoms. The number of hydrogen-bond acceptors (Lipinski definition) is 6. The number of carbonyl (C=O) groups excluding carboxylic acids is 1. The lowest BCUT2D eigenvalue weighted by molar-refractivity contribution is -0.126. The third kappa shape index (κ3) is 4.86. The van der Waals surface area contributed by atoms with E-state index in [1.807, 2.05) is 38.1 Å². The Bertz CT molecular complexity index is 1250. The summed E-state index contributed by atoms with van der Waals surface area (Å²) in [6.07, 6.45) is 1.28. The second kappa shape index (κ2) is 9.48. The standard InChI is InChI=1S/C23H29N5O4S/c1-16(2)28-22-10-9-20(13-21(22)25-26-28)33(30,31)27-11-5-7-18(15-27)23(29)24-14-17-6-4-8-19(12-17)32-3/h4,6,8-10,12-13,16,18H,5,7,11,14-15H2,1-3H3,(H,24,29)/t18-/m1/s1. The van der Waals surface area contributed by atoms with Gasteiger partial charge in [0, 0.05) is 25.7 Å². The number of piperidine rings is 1. The highest BCUT2D eigenvalue weighted by atomic mass is 32.2. The van der Waals surface area contributed by atoms with Crippen LogP contribution in [0.15, 0.2) is 47.4 Å². The third-order valence-corrected chi connectivity index (χ3v) is 7.79. The first-order valence-electron chi connectivity index (χ1n) is 11.1. The van der Waals surface area contributed by atoms with Crippen molar-refractivity contribution in [3.63, 3.8) is 0 Å². The highest BCUT2D eigenvalue weighted by Crippen LogP contribution is 2.26. The molecule has 0 aliphatic carbocycles. The van der Waals surface area contributed by atoms with E-state index < -0.39 is 15.9 Å². The van der Waals surface area contributed by atoms with E-state index in [9.17, 15) is 13.2 Å². The molecule has 10 heteroatoms. The van der Waals surface area contributed by atoms with Crippen LogP contribution < -0.4 is 10.1 Å². The van der Waals surface area contributed by atoms with Crippen LogP contribution in [-0.2, 0) is 21.4 Å². The number of nitrogens with zero attached hydrogens (tertiary/aromatic N) is 4. The molecule has 1 amide bonds. The van der Waals surface area contributed by atoms with Crippen molar-refractivity contribution in [3.05, 3.63) is 48.0 Å². The SMILES string of the molecule is COc1cccc(CNC(=O)[C@@H]2CCCN(S(=O)(=O)c3ccc4c(c3)nnn4C(C)C)C2)c1. The van der Waals surface area contributed by atoms with Gasteiger partial charge in [-0.25, -0.2) is 13.1 Å². The molecule has 4 rings (SSSR count). The fourth-order valence-corrected chi connectivity index (χ4v) is 5.65. The van der Waals surface area contributed by atoms with Gasteiger partial charge in [0.15, 0.2) is 0 Å². The molecule has 0 saturated carbocycles. The van der Waals surface area contributed by atoms with Crippen molar-refractivity contribution >= 4 is 27.0 Å². The maximum absolute atomic E-state index is 13.3. The Morgan fingerprint density at radius 1 is 1.24 bits per heavy atom. The van der Waals surface area contributed by atoms with Crippen molar-refractivity contribution in [1.29, 1.82) is 0 Å². The smallest absolute Gasteiger partial charge is 0.243 e. The topological polar surface area (TPSA) is 106 Å². The molecule has 33 heavy (non-hydrogen) atoms. The summed E-state index contributed by atoms with van der Waals surface area (Å²) in [6, 6.07) is 12.5. The maximum atomic E-state index is 13.3. The fourth-order valence-electron chi connectivity index (χ4n) is 4.10. The van der Waals surface area contributed by atoms with Crippen LogP contribution in [0.25, 0.3) is 11.0 Å². The molecule has 1 aliphatic rings. The number of amides is 1. The Balaban J connectivity index is 1.45. The van der Waals surface area contributed by atoms with E-state index in [1.54, 1.807) is 30.0 Å². The van der Waals surface area contributed by atoms with Crippen LogP contribution in [0.2, 0.25) is 0 Å². The van der Waals surface area contributed by atoms with E-state index in [2.05, 4.69) is 15.6 Å². The number of aromatic nitrogens is 3. The van der Waals surface area contributed by atoms with Crippen molar-refractivity contribution in [2.24, 2.45) is 5.92 Å². The number of hydrogen-bond donors (Lipinski definition) is 1. The first-order valence-corrected chi connectivity index (χ1v) is 12.5. The summed E-state index contributed by atoms with van der Waals surface area (Å²) in [5.74, 6) is 0.180. The van der Waals surface area contributed by atoms with Crippen LogP contribution >= 0.6 is 0 Å². The lowest BCUT2D eigenvalue weighted by atomic mass is 9.99. The van der Waals surface area contributed by atoms with Crippen LogP contribution in [0, 0.1) is 5.92 Å². The molecule has 0 radical (unpaired) electrons. The first kappa shape index (κ1) is 23.2. The van der Waals surface area contributed by atoms with Crippen molar-refractivity contribution in [2.75, 3.05) is 20.2 Å². The second-order valence-corrected chi connectivity index (χ2v) is 10.5. The molecule has 176 valence electrons. The lowest BCUT2D eigenvalue weighted by Gasteiger charge is -2.31. The Morgan fingerprint density at radius 3 is 2.82 bits per heavy atom. The number of methoxy groups -OCH3 is 1. The van der Waals surface area contributed by atoms with E-state index in [0.29, 0.717) is 31.4 Å². The van der Waals surface area contributed by atoms with Crippen LogP contribution in [-0.4, -0.2) is 53.8 Å². The van der Waals surface area contributed by atoms with Gasteiger partial charge in [-0.2, -0.15) is 4.31 Å². The van der Waals surface area contributed by atoms with Gasteiger partial charge in [0.25, 0.3) is 0 Å². The summed E-state index contributed by atoms with van der Waals surface area (Å²) in [7, 11) is -2.15. The number of rotatable bonds is 7. The molecule has 3 aromatic rings. The predicted octanol–water partition coefficient (Wildman–Crippen LogP) is 2.74. The molecule has 1 aliphatic heterocycles. The van der Waals surface area contributed by atoms with Crippen molar-refractivity contribution in [3.8, 4) is 5.75 Å². The molecule has 0 unspecified atom stereocenters. The van der Waals surface area contributed by atoms with Gasteiger partial charge in [-0.05, 0) is 62.6 Å². The minimum atomic E-state index is -3.75. The van der Waals surface area contributed by atoms with Crippen LogP contribution in [0.3, 0.4) is 0 Å². The lowest BCUT2D eigenvalue weighted by Crippen LogP contribution is -2.45. The number of nitrogens with one attached hydrogen (secondary N) is 1. The Morgan fingerprint density at radius 2 is 2.06 bits per heavy atom. The van der Waals surface area contributed by atoms with Gasteiger partial charge >= 0.3 is 0 Å². The van der Waals surface area contributed by atoms with Gasteiger partial charge in [-0.15, -0.1) is 5.10 Å². The zero-order valence-electron chi connectivity index (χ0n) is 19.1. The minimum Gasteiger partial charge on any atom is -0.497 e. The Hall–Kier alpha value is -2.98. The molecule has 1 fully saturated rings. The fraction of sp³-hybridized carbons (Fsp3) is 0.435. The molecular formula is C23H29N5O4S. The molecule has 1 N–H and O–H groups in total. The third-order valence-electron chi connectivity index (χ3n) is 5.93. The predicted molar refractivity (Wildman–Crippen MR) is 124 cm³/mol. The Kier molecular flexibility index (Phi) is 6.66. The zero-order chi connectivity index (χ0) is 23.6. The average Bonchev–Trinajstić information content (AvgIpc) is 3.26. The molecule has 2 aromatic carbocycles.